The highest BCUT2D eigenvalue weighted by Crippen LogP contribution is 2.25. The molecule has 0 radical (unpaired) electrons. The zero-order valence-corrected chi connectivity index (χ0v) is 41.7. The quantitative estimate of drug-likeness (QED) is 0.0210. The van der Waals surface area contributed by atoms with E-state index in [1.807, 2.05) is 0 Å². The summed E-state index contributed by atoms with van der Waals surface area (Å²) in [6.07, 6.45) is 1.35. The number of nitrogens with zero attached hydrogens (tertiary/aromatic N) is 6. The van der Waals surface area contributed by atoms with E-state index in [1.165, 1.54) is 14.7 Å². The predicted octanol–water partition coefficient (Wildman–Crippen LogP) is -3.47. The van der Waals surface area contributed by atoms with E-state index in [2.05, 4.69) is 42.0 Å². The van der Waals surface area contributed by atoms with Crippen molar-refractivity contribution >= 4 is 65.4 Å². The van der Waals surface area contributed by atoms with Gasteiger partial charge in [0, 0.05) is 58.7 Å². The molecule has 0 saturated carbocycles. The fourth-order valence-corrected chi connectivity index (χ4v) is 9.07. The number of carboxylic acid groups (broad SMARTS) is 1. The van der Waals surface area contributed by atoms with E-state index in [4.69, 9.17) is 22.9 Å². The van der Waals surface area contributed by atoms with Crippen LogP contribution in [0.25, 0.3) is 0 Å². The first-order valence-electron chi connectivity index (χ1n) is 24.9. The number of likely N-dealkylation sites (tertiary alicyclic amines) is 3. The van der Waals surface area contributed by atoms with Crippen LogP contribution in [0.1, 0.15) is 62.5 Å². The molecule has 1 unspecified atom stereocenters. The van der Waals surface area contributed by atoms with E-state index < -0.39 is 97.0 Å². The molecular weight excluding hydrogens is 977 g/mol. The molecule has 10 amide bonds. The summed E-state index contributed by atoms with van der Waals surface area (Å²) >= 11 is 0. The number of aliphatic hydroxyl groups is 1. The molecule has 5 rings (SSSR count). The van der Waals surface area contributed by atoms with Gasteiger partial charge in [-0.15, -0.1) is 0 Å². The van der Waals surface area contributed by atoms with Crippen LogP contribution in [0, 0.1) is 0 Å². The summed E-state index contributed by atoms with van der Waals surface area (Å²) in [5.74, 6) is -5.30. The minimum atomic E-state index is -1.59. The maximum atomic E-state index is 14.1. The average molecular weight is 1050 g/mol. The van der Waals surface area contributed by atoms with E-state index >= 15 is 0 Å². The van der Waals surface area contributed by atoms with Gasteiger partial charge in [-0.1, -0.05) is 60.7 Å². The molecule has 0 aromatic heterocycles. The van der Waals surface area contributed by atoms with Crippen molar-refractivity contribution in [1.82, 2.24) is 51.7 Å². The Balaban J connectivity index is 1.20. The standard InChI is InChI=1S/C48H70N16O11/c49-45(50)53-19-10-20-55-47(73)63-24-9-18-37(63)44(72)62-23-7-16-35(62)41(69)56-28-38(66)57-32(26-30-12-3-1-4-13-30)39(67)59-34(29-65)43(71)61-22-8-17-36(61)42(70)58-33(27-31-14-5-2-6-15-31)40(68)60-64(48(74)75)25-11-21-54-46(51)52/h1-6,12-15,32-37,65H,7-11,16-29H2,(H,55,73)(H,56,69)(H,57,66)(H,58,70)(H,59,67)(H,60,68)(H,74,75)(H4,49,50,53)(H4,51,52,54)/t32-,33-,34-,35-,36?,37-/m0/s1. The number of rotatable bonds is 24. The Morgan fingerprint density at radius 2 is 1.16 bits per heavy atom. The second-order valence-electron chi connectivity index (χ2n) is 18.2. The molecule has 0 spiro atoms. The lowest BCUT2D eigenvalue weighted by molar-refractivity contribution is -0.143. The molecule has 3 heterocycles. The molecule has 6 atom stereocenters. The first-order valence-corrected chi connectivity index (χ1v) is 24.9. The summed E-state index contributed by atoms with van der Waals surface area (Å²) in [7, 11) is 0. The number of carbonyl (C=O) groups is 9. The molecule has 408 valence electrons. The van der Waals surface area contributed by atoms with Gasteiger partial charge < -0.3 is 74.4 Å². The highest BCUT2D eigenvalue weighted by Gasteiger charge is 2.43. The van der Waals surface area contributed by atoms with Crippen LogP contribution in [-0.2, 0) is 46.4 Å². The molecule has 2 aromatic carbocycles. The summed E-state index contributed by atoms with van der Waals surface area (Å²) in [4.78, 5) is 134. The second-order valence-corrected chi connectivity index (χ2v) is 18.2. The number of aliphatic imine (C=N–C) groups is 2. The van der Waals surface area contributed by atoms with Crippen molar-refractivity contribution < 1.29 is 53.4 Å². The molecule has 0 aliphatic carbocycles. The zero-order valence-electron chi connectivity index (χ0n) is 41.7. The highest BCUT2D eigenvalue weighted by atomic mass is 16.4. The molecule has 2 aromatic rings. The van der Waals surface area contributed by atoms with Crippen LogP contribution in [-0.4, -0.2) is 191 Å². The molecule has 75 heavy (non-hydrogen) atoms. The minimum Gasteiger partial charge on any atom is -0.464 e. The van der Waals surface area contributed by atoms with Crippen molar-refractivity contribution in [3.63, 3.8) is 0 Å². The van der Waals surface area contributed by atoms with Gasteiger partial charge in [-0.2, -0.15) is 0 Å². The summed E-state index contributed by atoms with van der Waals surface area (Å²) in [6, 6.07) is 9.75. The van der Waals surface area contributed by atoms with Gasteiger partial charge >= 0.3 is 12.1 Å². The summed E-state index contributed by atoms with van der Waals surface area (Å²) in [5.41, 5.74) is 25.0. The molecule has 16 N–H and O–H groups in total. The lowest BCUT2D eigenvalue weighted by atomic mass is 10.0. The van der Waals surface area contributed by atoms with Crippen molar-refractivity contribution in [1.29, 1.82) is 0 Å². The van der Waals surface area contributed by atoms with Gasteiger partial charge in [0.15, 0.2) is 11.9 Å². The Morgan fingerprint density at radius 3 is 1.73 bits per heavy atom. The smallest absolute Gasteiger partial charge is 0.426 e. The number of hydrogen-bond acceptors (Lipinski definition) is 12. The Labute approximate surface area is 433 Å². The summed E-state index contributed by atoms with van der Waals surface area (Å²) in [5, 5.41) is 34.1. The topological polar surface area (TPSA) is 408 Å². The highest BCUT2D eigenvalue weighted by molar-refractivity contribution is 5.97. The number of carbonyl (C=O) groups excluding carboxylic acids is 8. The lowest BCUT2D eigenvalue weighted by Gasteiger charge is -2.31. The van der Waals surface area contributed by atoms with Crippen LogP contribution in [0.2, 0.25) is 0 Å². The number of guanidine groups is 2. The summed E-state index contributed by atoms with van der Waals surface area (Å²) < 4.78 is 0. The van der Waals surface area contributed by atoms with Crippen LogP contribution < -0.4 is 54.9 Å². The number of nitrogens with one attached hydrogen (secondary N) is 6. The molecule has 27 heteroatoms. The first-order chi connectivity index (χ1) is 36.0. The van der Waals surface area contributed by atoms with Gasteiger partial charge in [-0.05, 0) is 62.5 Å². The maximum absolute atomic E-state index is 14.1. The third-order valence-electron chi connectivity index (χ3n) is 12.8. The molecule has 3 aliphatic heterocycles. The molecule has 3 saturated heterocycles. The van der Waals surface area contributed by atoms with E-state index in [0.29, 0.717) is 67.8 Å². The number of hydrazine groups is 1. The Hall–Kier alpha value is -8.23. The number of hydrogen-bond donors (Lipinski definition) is 12. The van der Waals surface area contributed by atoms with Crippen molar-refractivity contribution in [2.24, 2.45) is 32.9 Å². The molecule has 27 nitrogen and oxygen atoms in total. The largest absolute Gasteiger partial charge is 0.464 e. The van der Waals surface area contributed by atoms with E-state index in [0.717, 1.165) is 0 Å². The fraction of sp³-hybridized carbons (Fsp3) is 0.521. The van der Waals surface area contributed by atoms with Gasteiger partial charge in [0.1, 0.15) is 36.3 Å². The monoisotopic (exact) mass is 1050 g/mol. The molecule has 3 fully saturated rings. The molecule has 0 bridgehead atoms. The van der Waals surface area contributed by atoms with Gasteiger partial charge in [0.2, 0.25) is 35.4 Å². The number of nitrogens with two attached hydrogens (primary N) is 4. The minimum absolute atomic E-state index is 0.0480. The first kappa shape index (κ1) is 57.7. The van der Waals surface area contributed by atoms with E-state index in [-0.39, 0.29) is 76.2 Å². The van der Waals surface area contributed by atoms with E-state index in [1.54, 1.807) is 60.7 Å². The lowest BCUT2D eigenvalue weighted by Crippen LogP contribution is -2.60. The Morgan fingerprint density at radius 1 is 0.627 bits per heavy atom. The fourth-order valence-electron chi connectivity index (χ4n) is 9.07. The number of aliphatic hydroxyl groups excluding tert-OH is 1. The third-order valence-corrected chi connectivity index (χ3v) is 12.8. The summed E-state index contributed by atoms with van der Waals surface area (Å²) in [6.45, 7) is -0.321. The van der Waals surface area contributed by atoms with Gasteiger partial charge in [0.25, 0.3) is 5.91 Å². The Bertz CT molecular complexity index is 2370. The number of urea groups is 1. The third kappa shape index (κ3) is 17.5. The van der Waals surface area contributed by atoms with Crippen molar-refractivity contribution in [2.75, 3.05) is 59.0 Å². The number of amides is 10. The van der Waals surface area contributed by atoms with Gasteiger partial charge in [-0.3, -0.25) is 49.0 Å². The van der Waals surface area contributed by atoms with Crippen molar-refractivity contribution in [3.8, 4) is 0 Å². The average Bonchev–Trinajstić information content (AvgIpc) is 4.20. The molecular formula is C48H70N16O11. The Kier molecular flexibility index (Phi) is 22.2. The predicted molar refractivity (Wildman–Crippen MR) is 272 cm³/mol. The normalized spacial score (nSPS) is 18.1. The van der Waals surface area contributed by atoms with Crippen LogP contribution in [0.15, 0.2) is 70.6 Å². The van der Waals surface area contributed by atoms with Crippen LogP contribution in [0.3, 0.4) is 0 Å². The maximum Gasteiger partial charge on any atom is 0.426 e. The van der Waals surface area contributed by atoms with E-state index in [9.17, 15) is 53.4 Å². The van der Waals surface area contributed by atoms with Crippen LogP contribution >= 0.6 is 0 Å². The van der Waals surface area contributed by atoms with Gasteiger partial charge in [-0.25, -0.2) is 14.6 Å². The number of benzene rings is 2. The van der Waals surface area contributed by atoms with Crippen LogP contribution in [0.5, 0.6) is 0 Å². The molecule has 3 aliphatic rings. The van der Waals surface area contributed by atoms with Crippen molar-refractivity contribution in [2.45, 2.75) is 100 Å². The van der Waals surface area contributed by atoms with Gasteiger partial charge in [0.05, 0.1) is 13.2 Å². The van der Waals surface area contributed by atoms with Crippen LogP contribution in [0.4, 0.5) is 9.59 Å². The SMILES string of the molecule is NC(N)=NCCCNC(=O)N1CCC[C@H]1C(=O)N1CCC[C@H]1C(=O)NCC(=O)N[C@@H](Cc1ccccc1)C(=O)N[C@@H](CO)C(=O)N1CCCC1C(=O)N[C@@H](Cc1ccccc1)C(=O)NN(CCCN=C(N)N)C(=O)O. The van der Waals surface area contributed by atoms with Crippen molar-refractivity contribution in [3.05, 3.63) is 71.8 Å². The zero-order chi connectivity index (χ0) is 54.4. The second kappa shape index (κ2) is 28.9.